The van der Waals surface area contributed by atoms with Crippen molar-refractivity contribution in [2.24, 2.45) is 0 Å². The van der Waals surface area contributed by atoms with Gasteiger partial charge in [0.15, 0.2) is 4.34 Å². The van der Waals surface area contributed by atoms with Crippen LogP contribution in [-0.2, 0) is 4.79 Å². The third-order valence-electron chi connectivity index (χ3n) is 4.29. The van der Waals surface area contributed by atoms with Gasteiger partial charge in [-0.15, -0.1) is 10.2 Å². The van der Waals surface area contributed by atoms with Gasteiger partial charge in [-0.3, -0.25) is 4.79 Å². The molecule has 0 atom stereocenters. The Hall–Kier alpha value is -1.80. The summed E-state index contributed by atoms with van der Waals surface area (Å²) in [5, 5.41) is 12.4. The second-order valence-electron chi connectivity index (χ2n) is 6.29. The summed E-state index contributed by atoms with van der Waals surface area (Å²) in [6.07, 6.45) is 3.37. The number of carbonyl (C=O) groups excluding carboxylic acids is 1. The smallest absolute Gasteiger partial charge is 0.230 e. The number of para-hydroxylation sites is 1. The summed E-state index contributed by atoms with van der Waals surface area (Å²) in [6, 6.07) is 10.3. The average molecular weight is 392 g/mol. The van der Waals surface area contributed by atoms with Crippen molar-refractivity contribution in [1.29, 1.82) is 0 Å². The number of rotatable bonds is 9. The molecule has 1 aromatic carbocycles. The van der Waals surface area contributed by atoms with E-state index in [1.165, 1.54) is 30.3 Å². The van der Waals surface area contributed by atoms with E-state index in [1.54, 1.807) is 11.3 Å². The first-order valence-corrected chi connectivity index (χ1v) is 10.8. The molecule has 0 radical (unpaired) electrons. The van der Waals surface area contributed by atoms with Crippen LogP contribution in [0.5, 0.6) is 0 Å². The highest BCUT2D eigenvalue weighted by molar-refractivity contribution is 8.01. The first kappa shape index (κ1) is 19.0. The van der Waals surface area contributed by atoms with E-state index in [-0.39, 0.29) is 5.91 Å². The lowest BCUT2D eigenvalue weighted by Crippen LogP contribution is -2.29. The summed E-state index contributed by atoms with van der Waals surface area (Å²) in [6.45, 7) is 3.73. The monoisotopic (exact) mass is 391 g/mol. The molecule has 0 spiro atoms. The van der Waals surface area contributed by atoms with Crippen LogP contribution in [0.4, 0.5) is 10.8 Å². The number of nitrogens with zero attached hydrogens (tertiary/aromatic N) is 4. The van der Waals surface area contributed by atoms with Gasteiger partial charge in [-0.25, -0.2) is 0 Å². The number of hydrogen-bond acceptors (Lipinski definition) is 7. The van der Waals surface area contributed by atoms with Crippen molar-refractivity contribution in [1.82, 2.24) is 15.5 Å². The Morgan fingerprint density at radius 3 is 2.81 bits per heavy atom. The van der Waals surface area contributed by atoms with Gasteiger partial charge in [0, 0.05) is 38.9 Å². The number of carbonyl (C=O) groups is 1. The minimum Gasteiger partial charge on any atom is -0.375 e. The Kier molecular flexibility index (Phi) is 7.13. The number of amides is 1. The lowest BCUT2D eigenvalue weighted by atomic mass is 10.3. The largest absolute Gasteiger partial charge is 0.375 e. The molecule has 2 aromatic rings. The van der Waals surface area contributed by atoms with Crippen molar-refractivity contribution >= 4 is 39.8 Å². The predicted molar refractivity (Wildman–Crippen MR) is 109 cm³/mol. The molecule has 2 heterocycles. The lowest BCUT2D eigenvalue weighted by molar-refractivity contribution is -0.118. The fourth-order valence-electron chi connectivity index (χ4n) is 2.83. The van der Waals surface area contributed by atoms with Crippen molar-refractivity contribution in [2.45, 2.75) is 23.6 Å². The fraction of sp³-hybridized carbons (Fsp3) is 0.500. The van der Waals surface area contributed by atoms with E-state index in [0.29, 0.717) is 12.3 Å². The third-order valence-corrected chi connectivity index (χ3v) is 6.41. The zero-order chi connectivity index (χ0) is 18.2. The molecule has 1 N–H and O–H groups in total. The van der Waals surface area contributed by atoms with E-state index in [4.69, 9.17) is 0 Å². The van der Waals surface area contributed by atoms with Crippen molar-refractivity contribution in [3.05, 3.63) is 30.3 Å². The van der Waals surface area contributed by atoms with Crippen molar-refractivity contribution in [2.75, 3.05) is 48.8 Å². The first-order chi connectivity index (χ1) is 12.7. The molecule has 1 aliphatic heterocycles. The molecule has 1 aromatic heterocycles. The Labute approximate surface area is 163 Å². The minimum absolute atomic E-state index is 0.0512. The molecule has 3 rings (SSSR count). The molecule has 1 saturated heterocycles. The second kappa shape index (κ2) is 9.78. The Morgan fingerprint density at radius 1 is 1.27 bits per heavy atom. The first-order valence-electron chi connectivity index (χ1n) is 8.96. The maximum absolute atomic E-state index is 12.0. The number of thioether (sulfide) groups is 1. The van der Waals surface area contributed by atoms with Gasteiger partial charge in [-0.1, -0.05) is 41.3 Å². The van der Waals surface area contributed by atoms with Crippen LogP contribution in [0.25, 0.3) is 0 Å². The molecule has 0 saturated carbocycles. The topological polar surface area (TPSA) is 61.4 Å². The standard InChI is InChI=1S/C18H25N5OS2/c1-22(15-8-3-2-4-9-15)11-7-10-19-16(24)14-25-18-21-20-17(26-18)23-12-5-6-13-23/h2-4,8-9H,5-7,10-14H2,1H3,(H,19,24). The van der Waals surface area contributed by atoms with Crippen molar-refractivity contribution < 1.29 is 4.79 Å². The van der Waals surface area contributed by atoms with E-state index >= 15 is 0 Å². The Morgan fingerprint density at radius 2 is 2.04 bits per heavy atom. The van der Waals surface area contributed by atoms with E-state index in [0.717, 1.165) is 35.5 Å². The SMILES string of the molecule is CN(CCCNC(=O)CSc1nnc(N2CCCC2)s1)c1ccccc1. The molecule has 6 nitrogen and oxygen atoms in total. The fourth-order valence-corrected chi connectivity index (χ4v) is 4.55. The molecular weight excluding hydrogens is 366 g/mol. The molecule has 0 bridgehead atoms. The zero-order valence-electron chi connectivity index (χ0n) is 15.1. The Balaban J connectivity index is 1.31. The van der Waals surface area contributed by atoms with E-state index < -0.39 is 0 Å². The maximum Gasteiger partial charge on any atom is 0.230 e. The molecule has 8 heteroatoms. The van der Waals surface area contributed by atoms with E-state index in [9.17, 15) is 4.79 Å². The highest BCUT2D eigenvalue weighted by Crippen LogP contribution is 2.29. The molecule has 140 valence electrons. The van der Waals surface area contributed by atoms with Crippen LogP contribution >= 0.6 is 23.1 Å². The van der Waals surface area contributed by atoms with Crippen LogP contribution in [0.2, 0.25) is 0 Å². The summed E-state index contributed by atoms with van der Waals surface area (Å²) < 4.78 is 0.867. The second-order valence-corrected chi connectivity index (χ2v) is 8.47. The van der Waals surface area contributed by atoms with Gasteiger partial charge in [-0.2, -0.15) is 0 Å². The molecule has 0 unspecified atom stereocenters. The average Bonchev–Trinajstić information content (AvgIpc) is 3.35. The Bertz CT molecular complexity index is 688. The summed E-state index contributed by atoms with van der Waals surface area (Å²) in [7, 11) is 2.07. The molecule has 0 aliphatic carbocycles. The van der Waals surface area contributed by atoms with Gasteiger partial charge in [-0.05, 0) is 31.4 Å². The minimum atomic E-state index is 0.0512. The number of anilines is 2. The van der Waals surface area contributed by atoms with Gasteiger partial charge in [0.1, 0.15) is 0 Å². The van der Waals surface area contributed by atoms with E-state index in [2.05, 4.69) is 44.5 Å². The van der Waals surface area contributed by atoms with Crippen LogP contribution in [0.15, 0.2) is 34.7 Å². The van der Waals surface area contributed by atoms with Crippen LogP contribution in [0.1, 0.15) is 19.3 Å². The zero-order valence-corrected chi connectivity index (χ0v) is 16.7. The number of hydrogen-bond donors (Lipinski definition) is 1. The summed E-state index contributed by atoms with van der Waals surface area (Å²) in [4.78, 5) is 16.5. The molecule has 26 heavy (non-hydrogen) atoms. The normalized spacial score (nSPS) is 13.8. The van der Waals surface area contributed by atoms with Gasteiger partial charge >= 0.3 is 0 Å². The molecular formula is C18H25N5OS2. The summed E-state index contributed by atoms with van der Waals surface area (Å²) >= 11 is 3.05. The number of nitrogens with one attached hydrogen (secondary N) is 1. The van der Waals surface area contributed by atoms with Crippen molar-refractivity contribution in [3.8, 4) is 0 Å². The highest BCUT2D eigenvalue weighted by Gasteiger charge is 2.17. The van der Waals surface area contributed by atoms with E-state index in [1.807, 2.05) is 18.2 Å². The van der Waals surface area contributed by atoms with Gasteiger partial charge < -0.3 is 15.1 Å². The van der Waals surface area contributed by atoms with Crippen molar-refractivity contribution in [3.63, 3.8) is 0 Å². The van der Waals surface area contributed by atoms with Crippen LogP contribution < -0.4 is 15.1 Å². The predicted octanol–water partition coefficient (Wildman–Crippen LogP) is 2.87. The third kappa shape index (κ3) is 5.60. The molecule has 1 aliphatic rings. The molecule has 1 amide bonds. The van der Waals surface area contributed by atoms with Crippen LogP contribution in [0, 0.1) is 0 Å². The van der Waals surface area contributed by atoms with Crippen LogP contribution in [0.3, 0.4) is 0 Å². The van der Waals surface area contributed by atoms with Gasteiger partial charge in [0.25, 0.3) is 0 Å². The lowest BCUT2D eigenvalue weighted by Gasteiger charge is -2.19. The number of aromatic nitrogens is 2. The molecule has 1 fully saturated rings. The summed E-state index contributed by atoms with van der Waals surface area (Å²) in [5.41, 5.74) is 1.19. The van der Waals surface area contributed by atoms with Gasteiger partial charge in [0.2, 0.25) is 11.0 Å². The van der Waals surface area contributed by atoms with Gasteiger partial charge in [0.05, 0.1) is 5.75 Å². The highest BCUT2D eigenvalue weighted by atomic mass is 32.2. The summed E-state index contributed by atoms with van der Waals surface area (Å²) in [5.74, 6) is 0.443. The number of benzene rings is 1. The van der Waals surface area contributed by atoms with Crippen LogP contribution in [-0.4, -0.2) is 55.1 Å². The maximum atomic E-state index is 12.0. The quantitative estimate of drug-likeness (QED) is 0.524.